The van der Waals surface area contributed by atoms with Crippen molar-refractivity contribution in [3.63, 3.8) is 0 Å². The lowest BCUT2D eigenvalue weighted by atomic mass is 10.1. The second-order valence-corrected chi connectivity index (χ2v) is 5.75. The minimum Gasteiger partial charge on any atom is -0.371 e. The summed E-state index contributed by atoms with van der Waals surface area (Å²) in [7, 11) is 0. The van der Waals surface area contributed by atoms with Gasteiger partial charge in [-0.2, -0.15) is 0 Å². The van der Waals surface area contributed by atoms with Crippen molar-refractivity contribution in [1.82, 2.24) is 15.0 Å². The van der Waals surface area contributed by atoms with Crippen LogP contribution in [0.25, 0.3) is 22.6 Å². The minimum absolute atomic E-state index is 0.108. The van der Waals surface area contributed by atoms with Crippen LogP contribution >= 0.6 is 11.6 Å². The maximum atomic E-state index is 12.8. The molecule has 0 spiro atoms. The molecule has 0 atom stereocenters. The van der Waals surface area contributed by atoms with Crippen LogP contribution in [-0.2, 0) is 11.3 Å². The van der Waals surface area contributed by atoms with Crippen molar-refractivity contribution in [3.05, 3.63) is 47.1 Å². The number of aromatic nitrogens is 3. The van der Waals surface area contributed by atoms with Crippen molar-refractivity contribution in [2.24, 2.45) is 0 Å². The van der Waals surface area contributed by atoms with E-state index < -0.39 is 12.5 Å². The van der Waals surface area contributed by atoms with Crippen LogP contribution in [0.1, 0.15) is 12.5 Å². The zero-order valence-electron chi connectivity index (χ0n) is 12.3. The average molecular weight is 338 g/mol. The molecule has 0 saturated heterocycles. The van der Waals surface area contributed by atoms with Gasteiger partial charge in [-0.05, 0) is 17.7 Å². The van der Waals surface area contributed by atoms with Crippen molar-refractivity contribution < 1.29 is 13.5 Å². The second-order valence-electron chi connectivity index (χ2n) is 5.34. The number of alkyl halides is 2. The van der Waals surface area contributed by atoms with E-state index in [4.69, 9.17) is 16.3 Å². The van der Waals surface area contributed by atoms with Crippen LogP contribution in [0.5, 0.6) is 0 Å². The van der Waals surface area contributed by atoms with Gasteiger partial charge in [0.1, 0.15) is 17.9 Å². The minimum atomic E-state index is -2.83. The maximum absolute atomic E-state index is 12.8. The Labute approximate surface area is 136 Å². The van der Waals surface area contributed by atoms with E-state index in [0.29, 0.717) is 22.0 Å². The largest absolute Gasteiger partial charge is 0.371 e. The maximum Gasteiger partial charge on any atom is 0.268 e. The van der Waals surface area contributed by atoms with Crippen molar-refractivity contribution in [2.45, 2.75) is 19.5 Å². The van der Waals surface area contributed by atoms with Gasteiger partial charge in [-0.3, -0.25) is 0 Å². The molecule has 120 valence electrons. The van der Waals surface area contributed by atoms with Gasteiger partial charge in [0.05, 0.1) is 11.6 Å². The number of halogens is 3. The van der Waals surface area contributed by atoms with Gasteiger partial charge >= 0.3 is 0 Å². The Morgan fingerprint density at radius 1 is 1.30 bits per heavy atom. The molecule has 0 aliphatic heterocycles. The molecule has 0 unspecified atom stereocenters. The lowest BCUT2D eigenvalue weighted by molar-refractivity contribution is -0.0673. The molecule has 0 saturated carbocycles. The fraction of sp³-hybridized carbons (Fsp3) is 0.250. The SMILES string of the molecule is CC(F)(F)COCc1cccc(-c2nc3nccc(Cl)c3[nH]2)c1. The first-order valence-electron chi connectivity index (χ1n) is 6.97. The zero-order chi connectivity index (χ0) is 16.4. The van der Waals surface area contributed by atoms with E-state index in [0.717, 1.165) is 18.1 Å². The van der Waals surface area contributed by atoms with E-state index in [1.165, 1.54) is 0 Å². The number of H-pyrrole nitrogens is 1. The van der Waals surface area contributed by atoms with Crippen molar-refractivity contribution >= 4 is 22.8 Å². The first kappa shape index (κ1) is 15.8. The van der Waals surface area contributed by atoms with Gasteiger partial charge in [-0.15, -0.1) is 0 Å². The standard InChI is InChI=1S/C16H14ClF2N3O/c1-16(18,19)9-23-8-10-3-2-4-11(7-10)14-21-13-12(17)5-6-20-15(13)22-14/h2-7H,8-9H2,1H3,(H,20,21,22). The lowest BCUT2D eigenvalue weighted by Crippen LogP contribution is -2.18. The predicted molar refractivity (Wildman–Crippen MR) is 84.6 cm³/mol. The number of fused-ring (bicyclic) bond motifs is 1. The molecule has 4 nitrogen and oxygen atoms in total. The zero-order valence-corrected chi connectivity index (χ0v) is 13.1. The average Bonchev–Trinajstić information content (AvgIpc) is 2.92. The van der Waals surface area contributed by atoms with Crippen LogP contribution in [0, 0.1) is 0 Å². The van der Waals surface area contributed by atoms with Gasteiger partial charge < -0.3 is 9.72 Å². The van der Waals surface area contributed by atoms with Gasteiger partial charge in [0.2, 0.25) is 0 Å². The summed E-state index contributed by atoms with van der Waals surface area (Å²) in [6.45, 7) is 0.326. The molecular formula is C16H14ClF2N3O. The highest BCUT2D eigenvalue weighted by atomic mass is 35.5. The van der Waals surface area contributed by atoms with Gasteiger partial charge in [0, 0.05) is 18.7 Å². The Bertz CT molecular complexity index is 830. The second kappa shape index (κ2) is 6.22. The molecule has 2 heterocycles. The summed E-state index contributed by atoms with van der Waals surface area (Å²) >= 11 is 6.10. The molecular weight excluding hydrogens is 324 g/mol. The van der Waals surface area contributed by atoms with Gasteiger partial charge in [0.25, 0.3) is 5.92 Å². The number of nitrogens with zero attached hydrogens (tertiary/aromatic N) is 2. The molecule has 1 aromatic carbocycles. The van der Waals surface area contributed by atoms with Crippen molar-refractivity contribution in [3.8, 4) is 11.4 Å². The molecule has 0 aliphatic carbocycles. The van der Waals surface area contributed by atoms with Crippen LogP contribution in [0.15, 0.2) is 36.5 Å². The molecule has 1 N–H and O–H groups in total. The number of rotatable bonds is 5. The first-order valence-corrected chi connectivity index (χ1v) is 7.35. The van der Waals surface area contributed by atoms with Crippen molar-refractivity contribution in [2.75, 3.05) is 6.61 Å². The summed E-state index contributed by atoms with van der Waals surface area (Å²) in [4.78, 5) is 11.7. The third kappa shape index (κ3) is 3.83. The predicted octanol–water partition coefficient (Wildman–Crippen LogP) is 4.45. The van der Waals surface area contributed by atoms with E-state index in [9.17, 15) is 8.78 Å². The molecule has 0 aliphatic rings. The Hall–Kier alpha value is -2.05. The number of nitrogens with one attached hydrogen (secondary N) is 1. The fourth-order valence-electron chi connectivity index (χ4n) is 2.17. The summed E-state index contributed by atoms with van der Waals surface area (Å²) in [6.07, 6.45) is 1.59. The normalized spacial score (nSPS) is 12.0. The molecule has 3 rings (SSSR count). The molecule has 3 aromatic rings. The van der Waals surface area contributed by atoms with Crippen LogP contribution in [0.2, 0.25) is 5.02 Å². The van der Waals surface area contributed by atoms with Crippen LogP contribution in [0.3, 0.4) is 0 Å². The Morgan fingerprint density at radius 3 is 2.87 bits per heavy atom. The highest BCUT2D eigenvalue weighted by Gasteiger charge is 2.21. The first-order chi connectivity index (χ1) is 10.9. The number of hydrogen-bond acceptors (Lipinski definition) is 3. The van der Waals surface area contributed by atoms with E-state index in [1.807, 2.05) is 24.3 Å². The van der Waals surface area contributed by atoms with Crippen LogP contribution in [0.4, 0.5) is 8.78 Å². The van der Waals surface area contributed by atoms with Gasteiger partial charge in [-0.25, -0.2) is 18.7 Å². The summed E-state index contributed by atoms with van der Waals surface area (Å²) in [5, 5.41) is 0.540. The van der Waals surface area contributed by atoms with E-state index >= 15 is 0 Å². The summed E-state index contributed by atoms with van der Waals surface area (Å²) in [5.41, 5.74) is 2.78. The quantitative estimate of drug-likeness (QED) is 0.748. The number of pyridine rings is 1. The number of benzene rings is 1. The fourth-order valence-corrected chi connectivity index (χ4v) is 2.36. The van der Waals surface area contributed by atoms with E-state index in [2.05, 4.69) is 15.0 Å². The molecule has 0 bridgehead atoms. The smallest absolute Gasteiger partial charge is 0.268 e. The third-order valence-electron chi connectivity index (χ3n) is 3.17. The molecule has 0 fully saturated rings. The molecule has 23 heavy (non-hydrogen) atoms. The van der Waals surface area contributed by atoms with E-state index in [1.54, 1.807) is 12.3 Å². The summed E-state index contributed by atoms with van der Waals surface area (Å²) < 4.78 is 30.6. The molecule has 0 radical (unpaired) electrons. The topological polar surface area (TPSA) is 50.8 Å². The Kier molecular flexibility index (Phi) is 4.28. The number of aromatic amines is 1. The van der Waals surface area contributed by atoms with Gasteiger partial charge in [0.15, 0.2) is 5.65 Å². The monoisotopic (exact) mass is 337 g/mol. The van der Waals surface area contributed by atoms with Crippen LogP contribution < -0.4 is 0 Å². The van der Waals surface area contributed by atoms with Crippen molar-refractivity contribution in [1.29, 1.82) is 0 Å². The molecule has 0 amide bonds. The van der Waals surface area contributed by atoms with E-state index in [-0.39, 0.29) is 6.61 Å². The summed E-state index contributed by atoms with van der Waals surface area (Å²) in [6, 6.07) is 9.01. The molecule has 7 heteroatoms. The number of ether oxygens (including phenoxy) is 1. The third-order valence-corrected chi connectivity index (χ3v) is 3.48. The molecule has 2 aromatic heterocycles. The Morgan fingerprint density at radius 2 is 2.13 bits per heavy atom. The number of hydrogen-bond donors (Lipinski definition) is 1. The van der Waals surface area contributed by atoms with Gasteiger partial charge in [-0.1, -0.05) is 29.8 Å². The van der Waals surface area contributed by atoms with Crippen LogP contribution in [-0.4, -0.2) is 27.5 Å². The lowest BCUT2D eigenvalue weighted by Gasteiger charge is -2.11. The number of imidazole rings is 1. The highest BCUT2D eigenvalue weighted by molar-refractivity contribution is 6.34. The Balaban J connectivity index is 1.82. The highest BCUT2D eigenvalue weighted by Crippen LogP contribution is 2.25. The summed E-state index contributed by atoms with van der Waals surface area (Å²) in [5.74, 6) is -2.22.